The third-order valence-electron chi connectivity index (χ3n) is 8.08. The first-order valence-corrected chi connectivity index (χ1v) is 13.8. The molecule has 2 aliphatic heterocycles. The summed E-state index contributed by atoms with van der Waals surface area (Å²) in [6, 6.07) is 12.4. The van der Waals surface area contributed by atoms with E-state index >= 15 is 0 Å². The largest absolute Gasteiger partial charge is 0.408 e. The van der Waals surface area contributed by atoms with E-state index < -0.39 is 12.2 Å². The number of anilines is 1. The molecule has 1 unspecified atom stereocenters. The number of tetrazole rings is 1. The van der Waals surface area contributed by atoms with Crippen molar-refractivity contribution in [3.8, 4) is 28.1 Å². The Morgan fingerprint density at radius 2 is 1.93 bits per heavy atom. The molecule has 0 spiro atoms. The summed E-state index contributed by atoms with van der Waals surface area (Å²) in [6.45, 7) is 2.08. The summed E-state index contributed by atoms with van der Waals surface area (Å²) in [7, 11) is 0. The average Bonchev–Trinajstić information content (AvgIpc) is 3.72. The highest BCUT2D eigenvalue weighted by atomic mass is 35.5. The summed E-state index contributed by atoms with van der Waals surface area (Å²) in [4.78, 5) is 21.6. The highest BCUT2D eigenvalue weighted by molar-refractivity contribution is 6.31. The van der Waals surface area contributed by atoms with Gasteiger partial charge in [-0.05, 0) is 88.7 Å². The second-order valence-electron chi connectivity index (χ2n) is 10.8. The summed E-state index contributed by atoms with van der Waals surface area (Å²) in [6.07, 6.45) is -0.115. The number of hydrogen-bond acceptors (Lipinski definition) is 6. The molecular formula is C29H24ClF3N8O. The topological polar surface area (TPSA) is 106 Å². The molecule has 2 aromatic carbocycles. The molecule has 7 rings (SSSR count). The molecule has 0 saturated heterocycles. The van der Waals surface area contributed by atoms with Gasteiger partial charge in [0.2, 0.25) is 0 Å². The molecule has 0 aliphatic carbocycles. The Hall–Kier alpha value is -4.45. The van der Waals surface area contributed by atoms with Crippen molar-refractivity contribution in [1.82, 2.24) is 34.7 Å². The molecule has 0 amide bonds. The number of nitrogens with one attached hydrogen (secondary N) is 2. The van der Waals surface area contributed by atoms with Gasteiger partial charge in [-0.3, -0.25) is 4.79 Å². The van der Waals surface area contributed by atoms with Crippen LogP contribution in [0.4, 0.5) is 18.9 Å². The zero-order valence-corrected chi connectivity index (χ0v) is 23.0. The molecule has 0 radical (unpaired) electrons. The molecule has 2 N–H and O–H groups in total. The van der Waals surface area contributed by atoms with Crippen LogP contribution in [0.15, 0.2) is 65.8 Å². The number of halogens is 4. The number of imidazole rings is 1. The molecule has 5 heterocycles. The van der Waals surface area contributed by atoms with Crippen LogP contribution in [0.1, 0.15) is 36.5 Å². The van der Waals surface area contributed by atoms with Crippen LogP contribution >= 0.6 is 11.6 Å². The molecule has 2 aliphatic rings. The number of fused-ring (bicyclic) bond motifs is 2. The van der Waals surface area contributed by atoms with Gasteiger partial charge < -0.3 is 14.9 Å². The lowest BCUT2D eigenvalue weighted by Gasteiger charge is -2.29. The van der Waals surface area contributed by atoms with E-state index in [1.807, 2.05) is 12.1 Å². The minimum absolute atomic E-state index is 0.0120. The molecule has 214 valence electrons. The summed E-state index contributed by atoms with van der Waals surface area (Å²) >= 11 is 6.32. The third-order valence-corrected chi connectivity index (χ3v) is 8.32. The van der Waals surface area contributed by atoms with Crippen LogP contribution in [0.25, 0.3) is 28.1 Å². The van der Waals surface area contributed by atoms with Gasteiger partial charge in [-0.15, -0.1) is 5.10 Å². The molecule has 0 bridgehead atoms. The first kappa shape index (κ1) is 26.4. The fourth-order valence-electron chi connectivity index (χ4n) is 6.11. The second-order valence-corrected chi connectivity index (χ2v) is 11.3. The Labute approximate surface area is 242 Å². The molecule has 0 fully saturated rings. The number of aromatic amines is 1. The summed E-state index contributed by atoms with van der Waals surface area (Å²) in [5.41, 5.74) is 5.72. The third kappa shape index (κ3) is 4.55. The van der Waals surface area contributed by atoms with E-state index in [-0.39, 0.29) is 23.9 Å². The van der Waals surface area contributed by atoms with Crippen molar-refractivity contribution in [2.24, 2.45) is 5.92 Å². The average molecular weight is 593 g/mol. The normalized spacial score (nSPS) is 19.8. The van der Waals surface area contributed by atoms with Crippen LogP contribution < -0.4 is 10.9 Å². The number of pyridine rings is 1. The maximum atomic E-state index is 13.6. The molecule has 9 nitrogen and oxygen atoms in total. The number of hydrogen-bond donors (Lipinski definition) is 2. The van der Waals surface area contributed by atoms with Crippen LogP contribution in [-0.4, -0.2) is 47.0 Å². The van der Waals surface area contributed by atoms with Crippen molar-refractivity contribution in [3.05, 3.63) is 93.5 Å². The lowest BCUT2D eigenvalue weighted by molar-refractivity contribution is -0.144. The van der Waals surface area contributed by atoms with E-state index in [2.05, 4.69) is 37.7 Å². The SMILES string of the molecule is C[C@H]1Cc2cc(-c3cc(Cl)ccc3-n3cnnn3)cc(=O)n2[C@@H]1c1ncc(-c2ccc3c(c2)CCC(C(F)(F)F)N3)[nH]1. The first-order valence-electron chi connectivity index (χ1n) is 13.5. The molecule has 13 heteroatoms. The van der Waals surface area contributed by atoms with Crippen LogP contribution in [-0.2, 0) is 12.8 Å². The van der Waals surface area contributed by atoms with Crippen molar-refractivity contribution < 1.29 is 13.2 Å². The highest BCUT2D eigenvalue weighted by Gasteiger charge is 2.41. The van der Waals surface area contributed by atoms with Crippen molar-refractivity contribution in [2.45, 2.75) is 44.4 Å². The Balaban J connectivity index is 1.21. The Bertz CT molecular complexity index is 1860. The smallest absolute Gasteiger partial charge is 0.374 e. The number of rotatable bonds is 4. The number of H-pyrrole nitrogens is 1. The van der Waals surface area contributed by atoms with Gasteiger partial charge in [-0.25, -0.2) is 4.98 Å². The zero-order chi connectivity index (χ0) is 29.2. The summed E-state index contributed by atoms with van der Waals surface area (Å²) < 4.78 is 42.8. The molecule has 0 saturated carbocycles. The van der Waals surface area contributed by atoms with Crippen LogP contribution in [0.2, 0.25) is 5.02 Å². The maximum Gasteiger partial charge on any atom is 0.408 e. The lowest BCUT2D eigenvalue weighted by Crippen LogP contribution is -2.39. The first-order chi connectivity index (χ1) is 20.2. The predicted octanol–water partition coefficient (Wildman–Crippen LogP) is 5.61. The van der Waals surface area contributed by atoms with E-state index in [0.717, 1.165) is 28.1 Å². The van der Waals surface area contributed by atoms with Gasteiger partial charge in [0.15, 0.2) is 0 Å². The van der Waals surface area contributed by atoms with Gasteiger partial charge in [0.05, 0.1) is 23.6 Å². The van der Waals surface area contributed by atoms with E-state index in [4.69, 9.17) is 11.6 Å². The zero-order valence-electron chi connectivity index (χ0n) is 22.2. The minimum Gasteiger partial charge on any atom is -0.374 e. The van der Waals surface area contributed by atoms with Crippen LogP contribution in [0, 0.1) is 5.92 Å². The molecule has 5 aromatic rings. The van der Waals surface area contributed by atoms with Gasteiger partial charge in [0.25, 0.3) is 5.56 Å². The van der Waals surface area contributed by atoms with E-state index in [1.165, 1.54) is 11.0 Å². The van der Waals surface area contributed by atoms with Crippen molar-refractivity contribution in [1.29, 1.82) is 0 Å². The number of aryl methyl sites for hydroxylation is 1. The molecular weight excluding hydrogens is 569 g/mol. The predicted molar refractivity (Wildman–Crippen MR) is 151 cm³/mol. The van der Waals surface area contributed by atoms with Gasteiger partial charge >= 0.3 is 6.18 Å². The van der Waals surface area contributed by atoms with Gasteiger partial charge in [-0.1, -0.05) is 24.6 Å². The second kappa shape index (κ2) is 9.83. The van der Waals surface area contributed by atoms with Crippen molar-refractivity contribution >= 4 is 17.3 Å². The van der Waals surface area contributed by atoms with E-state index in [1.54, 1.807) is 47.2 Å². The Kier molecular flexibility index (Phi) is 6.19. The minimum atomic E-state index is -4.28. The van der Waals surface area contributed by atoms with Crippen molar-refractivity contribution in [3.63, 3.8) is 0 Å². The quantitative estimate of drug-likeness (QED) is 0.281. The fraction of sp³-hybridized carbons (Fsp3) is 0.276. The van der Waals surface area contributed by atoms with Crippen LogP contribution in [0.3, 0.4) is 0 Å². The molecule has 3 aromatic heterocycles. The number of nitrogens with zero attached hydrogens (tertiary/aromatic N) is 6. The van der Waals surface area contributed by atoms with Gasteiger partial charge in [-0.2, -0.15) is 17.9 Å². The Morgan fingerprint density at radius 1 is 1.07 bits per heavy atom. The summed E-state index contributed by atoms with van der Waals surface area (Å²) in [5.74, 6) is 0.730. The summed E-state index contributed by atoms with van der Waals surface area (Å²) in [5, 5.41) is 14.6. The molecule has 42 heavy (non-hydrogen) atoms. The lowest BCUT2D eigenvalue weighted by atomic mass is 9.95. The van der Waals surface area contributed by atoms with Gasteiger partial charge in [0.1, 0.15) is 18.2 Å². The van der Waals surface area contributed by atoms with Crippen LogP contribution in [0.5, 0.6) is 0 Å². The van der Waals surface area contributed by atoms with E-state index in [9.17, 15) is 18.0 Å². The van der Waals surface area contributed by atoms with Crippen molar-refractivity contribution in [2.75, 3.05) is 5.32 Å². The maximum absolute atomic E-state index is 13.6. The number of alkyl halides is 3. The monoisotopic (exact) mass is 592 g/mol. The van der Waals surface area contributed by atoms with Gasteiger partial charge in [0, 0.05) is 28.0 Å². The number of aromatic nitrogens is 7. The number of benzene rings is 2. The van der Waals surface area contributed by atoms with E-state index in [0.29, 0.717) is 40.6 Å². The highest BCUT2D eigenvalue weighted by Crippen LogP contribution is 2.39. The Morgan fingerprint density at radius 3 is 2.71 bits per heavy atom. The fourth-order valence-corrected chi connectivity index (χ4v) is 6.28. The standard InChI is InChI=1S/C29H24ClF3N8O/c1-15-8-20-10-18(21-12-19(30)4-6-24(21)40-14-35-38-39-40)11-26(42)41(20)27(15)28-34-13-23(37-28)17-2-5-22-16(9-17)3-7-25(36-22)29(31,32)33/h2,4-6,9-15,25,27,36H,3,7-8H2,1H3,(H,34,37)/t15-,25?,27-/m0/s1. The molecule has 3 atom stereocenters.